The third-order valence-electron chi connectivity index (χ3n) is 3.71. The molecule has 0 aliphatic carbocycles. The number of hydrogen-bond donors (Lipinski definition) is 1. The van der Waals surface area contributed by atoms with Crippen LogP contribution in [-0.2, 0) is 0 Å². The summed E-state index contributed by atoms with van der Waals surface area (Å²) in [5.74, 6) is 1.57. The average molecular weight is 233 g/mol. The highest BCUT2D eigenvalue weighted by Gasteiger charge is 2.29. The van der Waals surface area contributed by atoms with Gasteiger partial charge in [0.05, 0.1) is 0 Å². The van der Waals surface area contributed by atoms with Crippen LogP contribution in [0.3, 0.4) is 0 Å². The summed E-state index contributed by atoms with van der Waals surface area (Å²) in [6.45, 7) is 6.58. The molecule has 2 N–H and O–H groups in total. The number of ether oxygens (including phenoxy) is 1. The van der Waals surface area contributed by atoms with Crippen LogP contribution in [0.15, 0.2) is 18.2 Å². The molecule has 2 nitrogen and oxygen atoms in total. The first-order valence-corrected chi connectivity index (χ1v) is 6.64. The number of rotatable bonds is 3. The number of nitrogens with two attached hydrogens (primary N) is 1. The zero-order chi connectivity index (χ0) is 12.4. The molecule has 2 heteroatoms. The van der Waals surface area contributed by atoms with Gasteiger partial charge in [-0.15, -0.1) is 0 Å². The van der Waals surface area contributed by atoms with Gasteiger partial charge in [0.2, 0.25) is 0 Å². The van der Waals surface area contributed by atoms with Gasteiger partial charge in [-0.05, 0) is 25.3 Å². The lowest BCUT2D eigenvalue weighted by Gasteiger charge is -2.34. The fourth-order valence-corrected chi connectivity index (χ4v) is 2.64. The Labute approximate surface area is 104 Å². The fourth-order valence-electron chi connectivity index (χ4n) is 2.64. The Morgan fingerprint density at radius 3 is 2.94 bits per heavy atom. The Hall–Kier alpha value is -1.02. The summed E-state index contributed by atoms with van der Waals surface area (Å²) in [5, 5.41) is 0. The zero-order valence-corrected chi connectivity index (χ0v) is 11.1. The molecule has 1 aromatic carbocycles. The predicted molar refractivity (Wildman–Crippen MR) is 71.2 cm³/mol. The summed E-state index contributed by atoms with van der Waals surface area (Å²) in [5.41, 5.74) is 8.68. The van der Waals surface area contributed by atoms with E-state index in [0.29, 0.717) is 5.92 Å². The van der Waals surface area contributed by atoms with E-state index < -0.39 is 0 Å². The standard InChI is InChI=1S/C15H23NO/c1-4-5-11(3)15-9-13(16)12-8-10(2)6-7-14(12)17-15/h6-8,11,13,15H,4-5,9,16H2,1-3H3/t11?,13-,15?/m1/s1. The summed E-state index contributed by atoms with van der Waals surface area (Å²) in [6, 6.07) is 6.44. The molecule has 1 aliphatic heterocycles. The van der Waals surface area contributed by atoms with E-state index in [1.54, 1.807) is 0 Å². The van der Waals surface area contributed by atoms with Crippen molar-refractivity contribution in [2.45, 2.75) is 52.2 Å². The maximum atomic E-state index is 6.26. The van der Waals surface area contributed by atoms with E-state index in [2.05, 4.69) is 39.0 Å². The molecule has 3 atom stereocenters. The topological polar surface area (TPSA) is 35.2 Å². The highest BCUT2D eigenvalue weighted by atomic mass is 16.5. The first-order chi connectivity index (χ1) is 8.11. The van der Waals surface area contributed by atoms with Gasteiger partial charge >= 0.3 is 0 Å². The average Bonchev–Trinajstić information content (AvgIpc) is 2.30. The SMILES string of the molecule is CCCC(C)C1C[C@@H](N)c2cc(C)ccc2O1. The molecule has 2 rings (SSSR count). The Kier molecular flexibility index (Phi) is 3.72. The number of benzene rings is 1. The Balaban J connectivity index is 2.18. The minimum atomic E-state index is 0.128. The molecule has 0 saturated carbocycles. The van der Waals surface area contributed by atoms with E-state index in [0.717, 1.165) is 12.2 Å². The molecule has 1 heterocycles. The smallest absolute Gasteiger partial charge is 0.124 e. The second-order valence-corrected chi connectivity index (χ2v) is 5.31. The van der Waals surface area contributed by atoms with Crippen molar-refractivity contribution in [3.8, 4) is 5.75 Å². The molecule has 1 aromatic rings. The van der Waals surface area contributed by atoms with Crippen molar-refractivity contribution in [3.05, 3.63) is 29.3 Å². The van der Waals surface area contributed by atoms with Crippen molar-refractivity contribution in [3.63, 3.8) is 0 Å². The van der Waals surface area contributed by atoms with Crippen molar-refractivity contribution < 1.29 is 4.74 Å². The van der Waals surface area contributed by atoms with Gasteiger partial charge in [-0.25, -0.2) is 0 Å². The van der Waals surface area contributed by atoms with Crippen LogP contribution in [0.2, 0.25) is 0 Å². The maximum Gasteiger partial charge on any atom is 0.124 e. The first-order valence-electron chi connectivity index (χ1n) is 6.64. The second-order valence-electron chi connectivity index (χ2n) is 5.31. The highest BCUT2D eigenvalue weighted by molar-refractivity contribution is 5.40. The summed E-state index contributed by atoms with van der Waals surface area (Å²) in [4.78, 5) is 0. The molecular formula is C15H23NO. The summed E-state index contributed by atoms with van der Waals surface area (Å²) < 4.78 is 6.09. The lowest BCUT2D eigenvalue weighted by atomic mass is 9.88. The molecule has 0 saturated heterocycles. The van der Waals surface area contributed by atoms with E-state index in [1.165, 1.54) is 24.0 Å². The lowest BCUT2D eigenvalue weighted by molar-refractivity contribution is 0.102. The van der Waals surface area contributed by atoms with E-state index in [1.807, 2.05) is 0 Å². The molecule has 1 aliphatic rings. The Bertz CT molecular complexity index is 389. The van der Waals surface area contributed by atoms with E-state index >= 15 is 0 Å². The third-order valence-corrected chi connectivity index (χ3v) is 3.71. The van der Waals surface area contributed by atoms with Gasteiger partial charge in [0.1, 0.15) is 11.9 Å². The van der Waals surface area contributed by atoms with E-state index in [-0.39, 0.29) is 12.1 Å². The van der Waals surface area contributed by atoms with Gasteiger partial charge in [-0.1, -0.05) is 38.0 Å². The van der Waals surface area contributed by atoms with Crippen LogP contribution in [0.1, 0.15) is 50.3 Å². The van der Waals surface area contributed by atoms with Gasteiger partial charge in [-0.3, -0.25) is 0 Å². The van der Waals surface area contributed by atoms with Crippen LogP contribution in [0.4, 0.5) is 0 Å². The Morgan fingerprint density at radius 1 is 1.47 bits per heavy atom. The number of fused-ring (bicyclic) bond motifs is 1. The predicted octanol–water partition coefficient (Wildman–Crippen LogP) is 3.58. The highest BCUT2D eigenvalue weighted by Crippen LogP contribution is 2.36. The van der Waals surface area contributed by atoms with Gasteiger partial charge in [0.25, 0.3) is 0 Å². The lowest BCUT2D eigenvalue weighted by Crippen LogP contribution is -2.34. The quantitative estimate of drug-likeness (QED) is 0.866. The summed E-state index contributed by atoms with van der Waals surface area (Å²) >= 11 is 0. The fraction of sp³-hybridized carbons (Fsp3) is 0.600. The van der Waals surface area contributed by atoms with Crippen LogP contribution < -0.4 is 10.5 Å². The summed E-state index contributed by atoms with van der Waals surface area (Å²) in [7, 11) is 0. The molecule has 2 unspecified atom stereocenters. The molecule has 0 aromatic heterocycles. The largest absolute Gasteiger partial charge is 0.490 e. The third kappa shape index (κ3) is 2.63. The van der Waals surface area contributed by atoms with Crippen LogP contribution in [0.5, 0.6) is 5.75 Å². The van der Waals surface area contributed by atoms with Crippen molar-refractivity contribution in [2.75, 3.05) is 0 Å². The van der Waals surface area contributed by atoms with Crippen LogP contribution >= 0.6 is 0 Å². The normalized spacial score (nSPS) is 24.9. The van der Waals surface area contributed by atoms with Crippen molar-refractivity contribution in [1.29, 1.82) is 0 Å². The molecular weight excluding hydrogens is 210 g/mol. The van der Waals surface area contributed by atoms with E-state index in [9.17, 15) is 0 Å². The molecule has 94 valence electrons. The van der Waals surface area contributed by atoms with Crippen LogP contribution in [0.25, 0.3) is 0 Å². The van der Waals surface area contributed by atoms with Crippen molar-refractivity contribution in [2.24, 2.45) is 11.7 Å². The Morgan fingerprint density at radius 2 is 2.24 bits per heavy atom. The zero-order valence-electron chi connectivity index (χ0n) is 11.1. The van der Waals surface area contributed by atoms with Crippen LogP contribution in [0, 0.1) is 12.8 Å². The van der Waals surface area contributed by atoms with Gasteiger partial charge in [-0.2, -0.15) is 0 Å². The number of aryl methyl sites for hydroxylation is 1. The minimum absolute atomic E-state index is 0.128. The van der Waals surface area contributed by atoms with Crippen molar-refractivity contribution >= 4 is 0 Å². The minimum Gasteiger partial charge on any atom is -0.490 e. The van der Waals surface area contributed by atoms with Gasteiger partial charge in [0.15, 0.2) is 0 Å². The summed E-state index contributed by atoms with van der Waals surface area (Å²) in [6.07, 6.45) is 3.63. The maximum absolute atomic E-state index is 6.26. The number of hydrogen-bond acceptors (Lipinski definition) is 2. The van der Waals surface area contributed by atoms with Gasteiger partial charge < -0.3 is 10.5 Å². The molecule has 0 radical (unpaired) electrons. The molecule has 0 fully saturated rings. The van der Waals surface area contributed by atoms with Crippen molar-refractivity contribution in [1.82, 2.24) is 0 Å². The first kappa shape index (κ1) is 12.4. The van der Waals surface area contributed by atoms with E-state index in [4.69, 9.17) is 10.5 Å². The second kappa shape index (κ2) is 5.09. The molecule has 0 spiro atoms. The molecule has 0 amide bonds. The molecule has 17 heavy (non-hydrogen) atoms. The van der Waals surface area contributed by atoms with Gasteiger partial charge in [0, 0.05) is 18.0 Å². The monoisotopic (exact) mass is 233 g/mol. The van der Waals surface area contributed by atoms with Crippen LogP contribution in [-0.4, -0.2) is 6.10 Å². The molecule has 0 bridgehead atoms.